The summed E-state index contributed by atoms with van der Waals surface area (Å²) in [6.45, 7) is 0. The summed E-state index contributed by atoms with van der Waals surface area (Å²) < 4.78 is 53.7. The van der Waals surface area contributed by atoms with Crippen molar-refractivity contribution in [1.29, 1.82) is 0 Å². The Morgan fingerprint density at radius 2 is 0.311 bits per heavy atom. The number of hydrogen-bond acceptors (Lipinski definition) is 15. The Kier molecular flexibility index (Phi) is 19.9. The smallest absolute Gasteiger partial charge is 0.309 e. The van der Waals surface area contributed by atoms with Crippen molar-refractivity contribution in [2.75, 3.05) is 0 Å². The summed E-state index contributed by atoms with van der Waals surface area (Å²) in [5.41, 5.74) is 14.1. The zero-order valence-corrected chi connectivity index (χ0v) is 70.0. The molecule has 17 nitrogen and oxygen atoms in total. The molecule has 0 unspecified atom stereocenters. The molecule has 20 heteroatoms. The van der Waals surface area contributed by atoms with Gasteiger partial charge in [0, 0.05) is 116 Å². The maximum Gasteiger partial charge on any atom is 0.416 e. The van der Waals surface area contributed by atoms with Gasteiger partial charge in [-0.3, -0.25) is 0 Å². The molecule has 0 spiro atoms. The molecule has 7 heterocycles. The number of nitrogens with zero attached hydrogens (tertiary/aromatic N) is 17. The van der Waals surface area contributed by atoms with E-state index in [4.69, 9.17) is 74.8 Å². The second kappa shape index (κ2) is 33.4. The van der Waals surface area contributed by atoms with Crippen LogP contribution in [-0.2, 0) is 6.18 Å². The van der Waals surface area contributed by atoms with Crippen LogP contribution in [0, 0.1) is 0 Å². The fourth-order valence-electron chi connectivity index (χ4n) is 17.0. The molecule has 622 valence electrons. The van der Waals surface area contributed by atoms with Crippen molar-refractivity contribution in [1.82, 2.24) is 83.9 Å². The third kappa shape index (κ3) is 15.1. The van der Waals surface area contributed by atoms with Gasteiger partial charge in [0.1, 0.15) is 0 Å². The lowest BCUT2D eigenvalue weighted by Crippen LogP contribution is -2.08. The number of hydrogen-bond donors (Lipinski definition) is 0. The summed E-state index contributed by atoms with van der Waals surface area (Å²) in [5, 5.41) is 2.79. The highest BCUT2D eigenvalue weighted by atomic mass is 19.4. The largest absolute Gasteiger partial charge is 0.416 e. The van der Waals surface area contributed by atoms with Gasteiger partial charge in [-0.05, 0) is 91.0 Å². The Morgan fingerprint density at radius 3 is 0.500 bits per heavy atom. The van der Waals surface area contributed by atoms with Crippen LogP contribution in [0.15, 0.2) is 413 Å². The highest BCUT2D eigenvalue weighted by Crippen LogP contribution is 2.47. The molecule has 132 heavy (non-hydrogen) atoms. The van der Waals surface area contributed by atoms with Crippen molar-refractivity contribution >= 4 is 43.6 Å². The lowest BCUT2D eigenvalue weighted by molar-refractivity contribution is -0.137. The van der Waals surface area contributed by atoms with E-state index in [0.29, 0.717) is 165 Å². The summed E-state index contributed by atoms with van der Waals surface area (Å²) >= 11 is 0. The molecule has 16 aromatic carbocycles. The van der Waals surface area contributed by atoms with Gasteiger partial charge in [-0.1, -0.05) is 322 Å². The van der Waals surface area contributed by atoms with E-state index in [1.165, 1.54) is 6.07 Å². The molecule has 23 rings (SSSR count). The van der Waals surface area contributed by atoms with E-state index in [-0.39, 0.29) is 5.69 Å². The van der Waals surface area contributed by atoms with Gasteiger partial charge in [-0.2, -0.15) is 13.2 Å². The molecule has 0 atom stereocenters. The average molecular weight is 1710 g/mol. The van der Waals surface area contributed by atoms with Crippen LogP contribution < -0.4 is 0 Å². The van der Waals surface area contributed by atoms with Crippen molar-refractivity contribution in [2.45, 2.75) is 6.18 Å². The molecule has 0 aliphatic carbocycles. The van der Waals surface area contributed by atoms with E-state index >= 15 is 13.2 Å². The van der Waals surface area contributed by atoms with E-state index < -0.39 is 11.7 Å². The summed E-state index contributed by atoms with van der Waals surface area (Å²) in [6.07, 6.45) is -4.85. The standard InChI is InChI=1S/C112H68F3N17/c113-112(114,115)84-56-58-86(96(68-84)132-93-61-54-81(109-125-101(73-39-19-5-20-40-73)118-102(126-109)74-41-21-6-22-42-74)65-89(93)90-66-82(55-62-94(90)132)110-127-103(75-43-23-7-24-44-75)119-104(128-110)76-45-25-8-26-46-76)85-57-51-83(111-129-105(77-47-27-9-28-48-77)120-106(130-111)78-49-29-10-30-50-78)67-95(85)131-91-59-52-79(107-121-97(69-31-11-1-12-32-69)116-98(122-107)70-33-13-2-14-34-70)63-87(91)88-64-80(53-60-92(88)131)108-123-99(71-35-15-3-16-36-71)117-100(124-108)72-37-17-4-18-38-72/h1-68H. The second-order valence-electron chi connectivity index (χ2n) is 31.8. The molecular weight excluding hydrogens is 1640 g/mol. The zero-order valence-electron chi connectivity index (χ0n) is 70.0. The van der Waals surface area contributed by atoms with Crippen molar-refractivity contribution in [3.63, 3.8) is 0 Å². The minimum Gasteiger partial charge on any atom is -0.309 e. The highest BCUT2D eigenvalue weighted by Gasteiger charge is 2.34. The van der Waals surface area contributed by atoms with Gasteiger partial charge in [0.05, 0.1) is 39.0 Å². The number of fused-ring (bicyclic) bond motifs is 6. The molecule has 0 fully saturated rings. The molecule has 0 bridgehead atoms. The van der Waals surface area contributed by atoms with Gasteiger partial charge in [0.2, 0.25) is 0 Å². The Labute approximate surface area is 753 Å². The van der Waals surface area contributed by atoms with Crippen LogP contribution in [0.5, 0.6) is 0 Å². The van der Waals surface area contributed by atoms with Gasteiger partial charge >= 0.3 is 6.18 Å². The fraction of sp³-hybridized carbons (Fsp3) is 0.00893. The number of halogens is 3. The van der Waals surface area contributed by atoms with Crippen molar-refractivity contribution in [3.8, 4) is 193 Å². The fourth-order valence-corrected chi connectivity index (χ4v) is 17.0. The number of alkyl halides is 3. The molecule has 0 amide bonds. The van der Waals surface area contributed by atoms with Gasteiger partial charge in [-0.15, -0.1) is 0 Å². The predicted octanol–water partition coefficient (Wildman–Crippen LogP) is 26.5. The Hall–Kier alpha value is -18.0. The molecule has 0 aliphatic heterocycles. The summed E-state index contributed by atoms with van der Waals surface area (Å²) in [5.74, 6) is 6.38. The average Bonchev–Trinajstić information content (AvgIpc) is 1.55. The van der Waals surface area contributed by atoms with Crippen molar-refractivity contribution in [3.05, 3.63) is 418 Å². The number of benzene rings is 16. The first kappa shape index (κ1) is 78.7. The Bertz CT molecular complexity index is 7680. The second-order valence-corrected chi connectivity index (χ2v) is 31.8. The first-order chi connectivity index (χ1) is 65.0. The zero-order chi connectivity index (χ0) is 88.2. The molecule has 0 aliphatic rings. The molecular formula is C112H68F3N17. The first-order valence-corrected chi connectivity index (χ1v) is 42.9. The molecule has 0 N–H and O–H groups in total. The minimum absolute atomic E-state index is 0.190. The van der Waals surface area contributed by atoms with E-state index in [1.54, 1.807) is 6.07 Å². The summed E-state index contributed by atoms with van der Waals surface area (Å²) in [6, 6.07) is 132. The molecule has 23 aromatic rings. The highest BCUT2D eigenvalue weighted by molar-refractivity contribution is 6.14. The van der Waals surface area contributed by atoms with Crippen LogP contribution in [-0.4, -0.2) is 83.9 Å². The monoisotopic (exact) mass is 1710 g/mol. The lowest BCUT2D eigenvalue weighted by atomic mass is 9.97. The Balaban J connectivity index is 0.808. The van der Waals surface area contributed by atoms with E-state index in [9.17, 15) is 0 Å². The maximum absolute atomic E-state index is 16.5. The number of aromatic nitrogens is 17. The van der Waals surface area contributed by atoms with Crippen LogP contribution in [0.25, 0.3) is 237 Å². The van der Waals surface area contributed by atoms with Gasteiger partial charge < -0.3 is 9.13 Å². The first-order valence-electron chi connectivity index (χ1n) is 42.9. The summed E-state index contributed by atoms with van der Waals surface area (Å²) in [4.78, 5) is 78.1. The SMILES string of the molecule is FC(F)(F)c1ccc(-c2ccc(-c3nc(-c4ccccc4)nc(-c4ccccc4)n3)cc2-n2c3ccc(-c4nc(-c5ccccc5)nc(-c5ccccc5)n4)cc3c3cc(-c4nc(-c5ccccc5)nc(-c5ccccc5)n4)ccc32)c(-n2c3ccc(-c4nc(-c5ccccc5)nc(-c5ccccc5)n4)cc3c3cc(-c4nc(-c5ccccc5)nc(-c5ccccc5)n4)ccc32)c1. The minimum atomic E-state index is -4.85. The molecule has 7 aromatic heterocycles. The van der Waals surface area contributed by atoms with Crippen LogP contribution in [0.2, 0.25) is 0 Å². The Morgan fingerprint density at radius 1 is 0.152 bits per heavy atom. The van der Waals surface area contributed by atoms with Crippen LogP contribution in [0.1, 0.15) is 5.56 Å². The summed E-state index contributed by atoms with van der Waals surface area (Å²) in [7, 11) is 0. The van der Waals surface area contributed by atoms with Crippen LogP contribution in [0.3, 0.4) is 0 Å². The van der Waals surface area contributed by atoms with Crippen molar-refractivity contribution in [2.24, 2.45) is 0 Å². The molecule has 0 saturated carbocycles. The van der Waals surface area contributed by atoms with Gasteiger partial charge in [0.25, 0.3) is 0 Å². The van der Waals surface area contributed by atoms with E-state index in [0.717, 1.165) is 72.5 Å². The van der Waals surface area contributed by atoms with Crippen LogP contribution >= 0.6 is 0 Å². The third-order valence-electron chi connectivity index (χ3n) is 23.4. The predicted molar refractivity (Wildman–Crippen MR) is 514 cm³/mol. The maximum atomic E-state index is 16.5. The lowest BCUT2D eigenvalue weighted by Gasteiger charge is -2.21. The third-order valence-corrected chi connectivity index (χ3v) is 23.4. The number of rotatable bonds is 18. The van der Waals surface area contributed by atoms with E-state index in [1.807, 2.05) is 375 Å². The van der Waals surface area contributed by atoms with Gasteiger partial charge in [-0.25, -0.2) is 74.8 Å². The van der Waals surface area contributed by atoms with Gasteiger partial charge in [0.15, 0.2) is 87.4 Å². The van der Waals surface area contributed by atoms with Crippen molar-refractivity contribution < 1.29 is 13.2 Å². The molecule has 0 radical (unpaired) electrons. The van der Waals surface area contributed by atoms with Crippen LogP contribution in [0.4, 0.5) is 13.2 Å². The normalized spacial score (nSPS) is 11.6. The quantitative estimate of drug-likeness (QED) is 0.0784. The molecule has 0 saturated heterocycles. The topological polar surface area (TPSA) is 203 Å². The van der Waals surface area contributed by atoms with E-state index in [2.05, 4.69) is 28.8 Å².